The molecule has 1 aromatic carbocycles. The Morgan fingerprint density at radius 2 is 2.19 bits per heavy atom. The number of piperidine rings is 1. The summed E-state index contributed by atoms with van der Waals surface area (Å²) in [5.41, 5.74) is 1.67. The minimum atomic E-state index is -0.00860. The Bertz CT molecular complexity index is 960. The summed E-state index contributed by atoms with van der Waals surface area (Å²) in [5, 5.41) is 5.15. The van der Waals surface area contributed by atoms with Gasteiger partial charge in [0.05, 0.1) is 5.92 Å². The fraction of sp³-hybridized carbons (Fsp3) is 0.450. The van der Waals surface area contributed by atoms with Crippen LogP contribution in [0.15, 0.2) is 39.6 Å². The van der Waals surface area contributed by atoms with Crippen LogP contribution in [0.5, 0.6) is 0 Å². The molecule has 1 unspecified atom stereocenters. The van der Waals surface area contributed by atoms with Gasteiger partial charge in [-0.25, -0.2) is 0 Å². The van der Waals surface area contributed by atoms with Gasteiger partial charge in [-0.05, 0) is 36.9 Å². The number of hydrogen-bond donors (Lipinski definition) is 1. The number of H-pyrrole nitrogens is 1. The Hall–Kier alpha value is -2.47. The first kappa shape index (κ1) is 17.0. The summed E-state index contributed by atoms with van der Waals surface area (Å²) in [5.74, 6) is 2.00. The topological polar surface area (TPSA) is 75.0 Å². The van der Waals surface area contributed by atoms with Crippen LogP contribution in [0, 0.1) is 0 Å². The zero-order valence-electron chi connectivity index (χ0n) is 15.2. The van der Waals surface area contributed by atoms with Gasteiger partial charge in [0, 0.05) is 30.1 Å². The molecule has 1 aliphatic rings. The molecule has 4 rings (SSSR count). The van der Waals surface area contributed by atoms with E-state index in [0.717, 1.165) is 54.1 Å². The van der Waals surface area contributed by atoms with Crippen molar-refractivity contribution >= 4 is 10.9 Å². The van der Waals surface area contributed by atoms with Crippen LogP contribution in [-0.4, -0.2) is 33.1 Å². The van der Waals surface area contributed by atoms with Crippen molar-refractivity contribution in [1.29, 1.82) is 0 Å². The molecular weight excluding hydrogens is 328 g/mol. The summed E-state index contributed by atoms with van der Waals surface area (Å²) in [6, 6.07) is 9.88. The Morgan fingerprint density at radius 1 is 1.35 bits per heavy atom. The lowest BCUT2D eigenvalue weighted by Crippen LogP contribution is -2.35. The van der Waals surface area contributed by atoms with Crippen molar-refractivity contribution in [2.75, 3.05) is 13.1 Å². The summed E-state index contributed by atoms with van der Waals surface area (Å²) in [6.45, 7) is 6.59. The molecule has 2 aromatic heterocycles. The Balaban J connectivity index is 1.51. The van der Waals surface area contributed by atoms with E-state index in [1.807, 2.05) is 30.3 Å². The molecule has 0 amide bonds. The van der Waals surface area contributed by atoms with Gasteiger partial charge in [0.2, 0.25) is 5.89 Å². The molecule has 1 atom stereocenters. The first-order valence-electron chi connectivity index (χ1n) is 9.27. The maximum Gasteiger partial charge on any atom is 0.252 e. The van der Waals surface area contributed by atoms with Crippen LogP contribution in [0.3, 0.4) is 0 Å². The van der Waals surface area contributed by atoms with E-state index < -0.39 is 0 Å². The van der Waals surface area contributed by atoms with Crippen LogP contribution >= 0.6 is 0 Å². The van der Waals surface area contributed by atoms with Crippen LogP contribution in [0.2, 0.25) is 0 Å². The van der Waals surface area contributed by atoms with Crippen molar-refractivity contribution in [2.45, 2.75) is 45.1 Å². The van der Waals surface area contributed by atoms with Gasteiger partial charge in [0.1, 0.15) is 0 Å². The van der Waals surface area contributed by atoms with Crippen LogP contribution < -0.4 is 5.56 Å². The highest BCUT2D eigenvalue weighted by molar-refractivity contribution is 5.78. The summed E-state index contributed by atoms with van der Waals surface area (Å²) < 4.78 is 5.49. The number of aromatic nitrogens is 3. The molecule has 0 spiro atoms. The molecule has 3 heterocycles. The number of nitrogens with one attached hydrogen (secondary N) is 1. The normalized spacial score (nSPS) is 18.7. The SMILES string of the molecule is CC(C)c1noc(C2CCCN(Cc3cc4ccccc4[nH]c3=O)C2)n1. The lowest BCUT2D eigenvalue weighted by atomic mass is 9.97. The van der Waals surface area contributed by atoms with Crippen molar-refractivity contribution < 1.29 is 4.52 Å². The monoisotopic (exact) mass is 352 g/mol. The number of fused-ring (bicyclic) bond motifs is 1. The smallest absolute Gasteiger partial charge is 0.252 e. The summed E-state index contributed by atoms with van der Waals surface area (Å²) in [4.78, 5) is 22.3. The van der Waals surface area contributed by atoms with Crippen molar-refractivity contribution in [3.8, 4) is 0 Å². The van der Waals surface area contributed by atoms with Crippen molar-refractivity contribution in [2.24, 2.45) is 0 Å². The van der Waals surface area contributed by atoms with E-state index in [2.05, 4.69) is 33.9 Å². The number of likely N-dealkylation sites (tertiary alicyclic amines) is 1. The molecule has 0 saturated carbocycles. The number of hydrogen-bond acceptors (Lipinski definition) is 5. The lowest BCUT2D eigenvalue weighted by molar-refractivity contribution is 0.179. The average Bonchev–Trinajstić information content (AvgIpc) is 3.13. The molecule has 6 heteroatoms. The standard InChI is InChI=1S/C20H24N4O2/c1-13(2)18-22-20(26-23-18)15-7-5-9-24(11-15)12-16-10-14-6-3-4-8-17(14)21-19(16)25/h3-4,6,8,10,13,15H,5,7,9,11-12H2,1-2H3,(H,21,25). The van der Waals surface area contributed by atoms with Gasteiger partial charge in [0.25, 0.3) is 5.56 Å². The zero-order valence-corrected chi connectivity index (χ0v) is 15.2. The zero-order chi connectivity index (χ0) is 18.1. The third-order valence-corrected chi connectivity index (χ3v) is 5.05. The molecule has 6 nitrogen and oxygen atoms in total. The van der Waals surface area contributed by atoms with Crippen molar-refractivity contribution in [3.63, 3.8) is 0 Å². The van der Waals surface area contributed by atoms with Crippen LogP contribution in [0.25, 0.3) is 10.9 Å². The second kappa shape index (κ2) is 7.03. The second-order valence-corrected chi connectivity index (χ2v) is 7.43. The first-order chi connectivity index (χ1) is 12.6. The maximum atomic E-state index is 12.4. The molecule has 1 N–H and O–H groups in total. The van der Waals surface area contributed by atoms with Gasteiger partial charge in [-0.1, -0.05) is 37.2 Å². The van der Waals surface area contributed by atoms with Crippen LogP contribution in [-0.2, 0) is 6.54 Å². The van der Waals surface area contributed by atoms with E-state index in [0.29, 0.717) is 6.54 Å². The number of pyridine rings is 1. The van der Waals surface area contributed by atoms with Gasteiger partial charge < -0.3 is 9.51 Å². The number of aromatic amines is 1. The van der Waals surface area contributed by atoms with Gasteiger partial charge in [-0.2, -0.15) is 4.98 Å². The van der Waals surface area contributed by atoms with Gasteiger partial charge in [0.15, 0.2) is 5.82 Å². The molecule has 3 aromatic rings. The number of benzene rings is 1. The summed E-state index contributed by atoms with van der Waals surface area (Å²) >= 11 is 0. The lowest BCUT2D eigenvalue weighted by Gasteiger charge is -2.30. The summed E-state index contributed by atoms with van der Waals surface area (Å²) in [6.07, 6.45) is 2.11. The Kier molecular flexibility index (Phi) is 4.59. The van der Waals surface area contributed by atoms with Crippen molar-refractivity contribution in [1.82, 2.24) is 20.0 Å². The molecule has 26 heavy (non-hydrogen) atoms. The van der Waals surface area contributed by atoms with Gasteiger partial charge in [-0.3, -0.25) is 9.69 Å². The third kappa shape index (κ3) is 3.42. The highest BCUT2D eigenvalue weighted by Crippen LogP contribution is 2.27. The van der Waals surface area contributed by atoms with Crippen molar-refractivity contribution in [3.05, 3.63) is 58.0 Å². The minimum Gasteiger partial charge on any atom is -0.339 e. The van der Waals surface area contributed by atoms with Gasteiger partial charge >= 0.3 is 0 Å². The molecule has 1 fully saturated rings. The highest BCUT2D eigenvalue weighted by Gasteiger charge is 2.26. The molecule has 1 saturated heterocycles. The molecule has 0 radical (unpaired) electrons. The molecule has 0 aliphatic carbocycles. The number of para-hydroxylation sites is 1. The highest BCUT2D eigenvalue weighted by atomic mass is 16.5. The fourth-order valence-corrected chi connectivity index (χ4v) is 3.60. The molecular formula is C20H24N4O2. The fourth-order valence-electron chi connectivity index (χ4n) is 3.60. The molecule has 0 bridgehead atoms. The predicted molar refractivity (Wildman–Crippen MR) is 100 cm³/mol. The third-order valence-electron chi connectivity index (χ3n) is 5.05. The Labute approximate surface area is 152 Å². The van der Waals surface area contributed by atoms with Crippen LogP contribution in [0.1, 0.15) is 55.8 Å². The second-order valence-electron chi connectivity index (χ2n) is 7.43. The Morgan fingerprint density at radius 3 is 3.00 bits per heavy atom. The van der Waals surface area contributed by atoms with E-state index in [-0.39, 0.29) is 17.4 Å². The largest absolute Gasteiger partial charge is 0.339 e. The predicted octanol–water partition coefficient (Wildman–Crippen LogP) is 3.41. The summed E-state index contributed by atoms with van der Waals surface area (Å²) in [7, 11) is 0. The van der Waals surface area contributed by atoms with E-state index in [1.165, 1.54) is 0 Å². The maximum absolute atomic E-state index is 12.4. The minimum absolute atomic E-state index is 0.00860. The molecule has 136 valence electrons. The van der Waals surface area contributed by atoms with E-state index in [1.54, 1.807) is 0 Å². The van der Waals surface area contributed by atoms with E-state index in [9.17, 15) is 4.79 Å². The first-order valence-corrected chi connectivity index (χ1v) is 9.27. The average molecular weight is 352 g/mol. The van der Waals surface area contributed by atoms with Crippen LogP contribution in [0.4, 0.5) is 0 Å². The number of rotatable bonds is 4. The van der Waals surface area contributed by atoms with E-state index >= 15 is 0 Å². The quantitative estimate of drug-likeness (QED) is 0.779. The molecule has 1 aliphatic heterocycles. The van der Waals surface area contributed by atoms with E-state index in [4.69, 9.17) is 4.52 Å². The number of nitrogens with zero attached hydrogens (tertiary/aromatic N) is 3. The van der Waals surface area contributed by atoms with Gasteiger partial charge in [-0.15, -0.1) is 0 Å².